The van der Waals surface area contributed by atoms with E-state index < -0.39 is 15.8 Å². The van der Waals surface area contributed by atoms with E-state index >= 15 is 0 Å². The molecular formula is C26H26O6S. The molecule has 0 aliphatic heterocycles. The highest BCUT2D eigenvalue weighted by atomic mass is 32.2. The molecule has 0 bridgehead atoms. The number of aliphatic carboxylic acids is 1. The lowest BCUT2D eigenvalue weighted by Gasteiger charge is -2.13. The van der Waals surface area contributed by atoms with Crippen molar-refractivity contribution >= 4 is 21.6 Å². The van der Waals surface area contributed by atoms with Gasteiger partial charge in [-0.25, -0.2) is 8.42 Å². The summed E-state index contributed by atoms with van der Waals surface area (Å²) in [5.41, 5.74) is 3.83. The minimum Gasteiger partial charge on any atom is -0.481 e. The van der Waals surface area contributed by atoms with Crippen LogP contribution in [0.15, 0.2) is 66.7 Å². The second-order valence-electron chi connectivity index (χ2n) is 8.10. The molecule has 0 aliphatic carbocycles. The Balaban J connectivity index is 1.75. The van der Waals surface area contributed by atoms with Crippen molar-refractivity contribution in [2.45, 2.75) is 26.2 Å². The van der Waals surface area contributed by atoms with Gasteiger partial charge in [0.2, 0.25) is 0 Å². The lowest BCUT2D eigenvalue weighted by atomic mass is 10.0. The largest absolute Gasteiger partial charge is 0.481 e. The summed E-state index contributed by atoms with van der Waals surface area (Å²) < 4.78 is 29.2. The first-order valence-corrected chi connectivity index (χ1v) is 12.5. The predicted molar refractivity (Wildman–Crippen MR) is 127 cm³/mol. The second kappa shape index (κ2) is 10.4. The van der Waals surface area contributed by atoms with Gasteiger partial charge >= 0.3 is 5.97 Å². The summed E-state index contributed by atoms with van der Waals surface area (Å²) >= 11 is 0. The SMILES string of the molecule is Cc1ccc(CC(=O)c2ccc(Oc3ccc(CC(=O)O)cc3CCS(C)(=O)=O)cc2)cc1. The van der Waals surface area contributed by atoms with Crippen LogP contribution in [0.25, 0.3) is 0 Å². The number of sulfone groups is 1. The molecule has 3 aromatic carbocycles. The summed E-state index contributed by atoms with van der Waals surface area (Å²) in [7, 11) is -3.20. The molecule has 33 heavy (non-hydrogen) atoms. The molecule has 0 saturated heterocycles. The first-order valence-electron chi connectivity index (χ1n) is 10.5. The molecule has 0 amide bonds. The van der Waals surface area contributed by atoms with E-state index in [1.807, 2.05) is 31.2 Å². The molecule has 3 rings (SSSR count). The third-order valence-corrected chi connectivity index (χ3v) is 6.06. The third-order valence-electron chi connectivity index (χ3n) is 5.11. The van der Waals surface area contributed by atoms with Crippen LogP contribution < -0.4 is 4.74 Å². The molecule has 0 spiro atoms. The summed E-state index contributed by atoms with van der Waals surface area (Å²) in [4.78, 5) is 23.6. The van der Waals surface area contributed by atoms with E-state index in [4.69, 9.17) is 9.84 Å². The van der Waals surface area contributed by atoms with Crippen LogP contribution in [0.3, 0.4) is 0 Å². The van der Waals surface area contributed by atoms with Gasteiger partial charge in [-0.15, -0.1) is 0 Å². The second-order valence-corrected chi connectivity index (χ2v) is 10.4. The molecule has 3 aromatic rings. The van der Waals surface area contributed by atoms with E-state index in [9.17, 15) is 18.0 Å². The quantitative estimate of drug-likeness (QED) is 0.444. The zero-order chi connectivity index (χ0) is 24.0. The van der Waals surface area contributed by atoms with E-state index in [1.165, 1.54) is 0 Å². The first kappa shape index (κ1) is 24.2. The van der Waals surface area contributed by atoms with Crippen LogP contribution in [0.1, 0.15) is 32.6 Å². The van der Waals surface area contributed by atoms with Crippen LogP contribution in [-0.4, -0.2) is 37.3 Å². The molecule has 0 radical (unpaired) electrons. The topological polar surface area (TPSA) is 97.7 Å². The van der Waals surface area contributed by atoms with Crippen molar-refractivity contribution in [1.29, 1.82) is 0 Å². The Morgan fingerprint density at radius 1 is 0.879 bits per heavy atom. The summed E-state index contributed by atoms with van der Waals surface area (Å²) in [6.45, 7) is 2.00. The number of carbonyl (C=O) groups is 2. The average molecular weight is 467 g/mol. The first-order chi connectivity index (χ1) is 15.6. The van der Waals surface area contributed by atoms with Crippen LogP contribution in [0.2, 0.25) is 0 Å². The monoisotopic (exact) mass is 466 g/mol. The molecule has 0 saturated carbocycles. The fourth-order valence-corrected chi connectivity index (χ4v) is 3.93. The highest BCUT2D eigenvalue weighted by Crippen LogP contribution is 2.28. The summed E-state index contributed by atoms with van der Waals surface area (Å²) in [6, 6.07) is 19.6. The van der Waals surface area contributed by atoms with Gasteiger partial charge in [0.15, 0.2) is 5.78 Å². The van der Waals surface area contributed by atoms with Gasteiger partial charge in [-0.1, -0.05) is 42.0 Å². The van der Waals surface area contributed by atoms with Crippen LogP contribution in [-0.2, 0) is 33.9 Å². The Bertz CT molecular complexity index is 1240. The van der Waals surface area contributed by atoms with E-state index in [0.717, 1.165) is 17.4 Å². The number of ether oxygens (including phenoxy) is 1. The lowest BCUT2D eigenvalue weighted by Crippen LogP contribution is -2.08. The minimum atomic E-state index is -3.20. The van der Waals surface area contributed by atoms with E-state index in [0.29, 0.717) is 34.6 Å². The van der Waals surface area contributed by atoms with Crippen LogP contribution >= 0.6 is 0 Å². The standard InChI is InChI=1S/C26H26O6S/c1-18-3-5-19(6-4-18)16-24(27)21-8-10-23(11-9-21)32-25-12-7-20(17-26(28)29)15-22(25)13-14-33(2,30)31/h3-12,15H,13-14,16-17H2,1-2H3,(H,28,29). The Morgan fingerprint density at radius 3 is 2.12 bits per heavy atom. The van der Waals surface area contributed by atoms with Crippen molar-refractivity contribution in [1.82, 2.24) is 0 Å². The van der Waals surface area contributed by atoms with Gasteiger partial charge in [-0.3, -0.25) is 9.59 Å². The number of carbonyl (C=O) groups excluding carboxylic acids is 1. The van der Waals surface area contributed by atoms with Crippen molar-refractivity contribution in [2.24, 2.45) is 0 Å². The molecule has 7 heteroatoms. The number of ketones is 1. The van der Waals surface area contributed by atoms with Crippen molar-refractivity contribution in [3.63, 3.8) is 0 Å². The van der Waals surface area contributed by atoms with Gasteiger partial charge in [0, 0.05) is 18.2 Å². The van der Waals surface area contributed by atoms with Gasteiger partial charge in [0.25, 0.3) is 0 Å². The number of benzene rings is 3. The summed E-state index contributed by atoms with van der Waals surface area (Å²) in [5.74, 6) is -0.104. The predicted octanol–water partition coefficient (Wildman–Crippen LogP) is 4.43. The van der Waals surface area contributed by atoms with E-state index in [2.05, 4.69) is 0 Å². The van der Waals surface area contributed by atoms with Crippen molar-refractivity contribution in [3.8, 4) is 11.5 Å². The number of rotatable bonds is 10. The summed E-state index contributed by atoms with van der Waals surface area (Å²) in [5, 5.41) is 9.04. The maximum Gasteiger partial charge on any atom is 0.307 e. The van der Waals surface area contributed by atoms with Crippen LogP contribution in [0.4, 0.5) is 0 Å². The van der Waals surface area contributed by atoms with E-state index in [-0.39, 0.29) is 24.4 Å². The van der Waals surface area contributed by atoms with Gasteiger partial charge < -0.3 is 9.84 Å². The molecule has 6 nitrogen and oxygen atoms in total. The van der Waals surface area contributed by atoms with Crippen LogP contribution in [0.5, 0.6) is 11.5 Å². The highest BCUT2D eigenvalue weighted by Gasteiger charge is 2.13. The lowest BCUT2D eigenvalue weighted by molar-refractivity contribution is -0.136. The fourth-order valence-electron chi connectivity index (χ4n) is 3.34. The number of hydrogen-bond donors (Lipinski definition) is 1. The number of hydrogen-bond acceptors (Lipinski definition) is 5. The number of Topliss-reactive ketones (excluding diaryl/α,β-unsaturated/α-hetero) is 1. The van der Waals surface area contributed by atoms with Crippen molar-refractivity contribution in [2.75, 3.05) is 12.0 Å². The van der Waals surface area contributed by atoms with Gasteiger partial charge in [0.1, 0.15) is 21.3 Å². The van der Waals surface area contributed by atoms with Gasteiger partial charge in [0.05, 0.1) is 12.2 Å². The average Bonchev–Trinajstić information content (AvgIpc) is 2.75. The number of carboxylic acids is 1. The normalized spacial score (nSPS) is 11.2. The maximum atomic E-state index is 12.6. The fraction of sp³-hybridized carbons (Fsp3) is 0.231. The maximum absolute atomic E-state index is 12.6. The zero-order valence-electron chi connectivity index (χ0n) is 18.6. The third kappa shape index (κ3) is 7.57. The van der Waals surface area contributed by atoms with Crippen molar-refractivity contribution in [3.05, 3.63) is 94.5 Å². The Labute approximate surface area is 193 Å². The summed E-state index contributed by atoms with van der Waals surface area (Å²) in [6.07, 6.45) is 1.50. The molecule has 0 fully saturated rings. The molecule has 0 unspecified atom stereocenters. The molecule has 172 valence electrons. The Morgan fingerprint density at radius 2 is 1.52 bits per heavy atom. The molecule has 0 aromatic heterocycles. The van der Waals surface area contributed by atoms with Gasteiger partial charge in [-0.2, -0.15) is 0 Å². The number of aryl methyl sites for hydroxylation is 2. The van der Waals surface area contributed by atoms with Gasteiger partial charge in [-0.05, 0) is 60.4 Å². The smallest absolute Gasteiger partial charge is 0.307 e. The van der Waals surface area contributed by atoms with E-state index in [1.54, 1.807) is 42.5 Å². The zero-order valence-corrected chi connectivity index (χ0v) is 19.4. The Hall–Kier alpha value is -3.45. The molecule has 0 heterocycles. The van der Waals surface area contributed by atoms with Crippen LogP contribution in [0, 0.1) is 6.92 Å². The molecule has 0 atom stereocenters. The number of carboxylic acid groups (broad SMARTS) is 1. The molecular weight excluding hydrogens is 440 g/mol. The Kier molecular flexibility index (Phi) is 7.66. The molecule has 1 N–H and O–H groups in total. The molecule has 0 aliphatic rings. The highest BCUT2D eigenvalue weighted by molar-refractivity contribution is 7.90. The van der Waals surface area contributed by atoms with Crippen molar-refractivity contribution < 1.29 is 27.9 Å². The minimum absolute atomic E-state index is 0.00253.